The number of hydrogen-bond acceptors (Lipinski definition) is 6. The number of sulfonamides is 1. The van der Waals surface area contributed by atoms with Crippen LogP contribution in [0.15, 0.2) is 72.0 Å². The van der Waals surface area contributed by atoms with Gasteiger partial charge in [-0.1, -0.05) is 12.1 Å². The highest BCUT2D eigenvalue weighted by Gasteiger charge is 2.12. The van der Waals surface area contributed by atoms with E-state index in [0.29, 0.717) is 18.0 Å². The largest absolute Gasteiger partial charge is 0.508 e. The highest BCUT2D eigenvalue weighted by atomic mass is 32.2. The Labute approximate surface area is 167 Å². The molecule has 0 unspecified atom stereocenters. The van der Waals surface area contributed by atoms with Crippen LogP contribution in [0, 0.1) is 0 Å². The average molecular weight is 409 g/mol. The maximum atomic E-state index is 11.8. The van der Waals surface area contributed by atoms with E-state index in [9.17, 15) is 13.5 Å². The van der Waals surface area contributed by atoms with E-state index in [1.165, 1.54) is 7.05 Å². The molecule has 0 radical (unpaired) electrons. The molecule has 2 heterocycles. The number of aromatic nitrogens is 3. The molecule has 0 spiro atoms. The van der Waals surface area contributed by atoms with Gasteiger partial charge in [-0.25, -0.2) is 23.1 Å². The van der Waals surface area contributed by atoms with E-state index >= 15 is 0 Å². The van der Waals surface area contributed by atoms with Crippen LogP contribution < -0.4 is 10.0 Å². The van der Waals surface area contributed by atoms with E-state index in [0.717, 1.165) is 16.8 Å². The van der Waals surface area contributed by atoms with Crippen LogP contribution in [-0.2, 0) is 16.6 Å². The van der Waals surface area contributed by atoms with Crippen molar-refractivity contribution in [3.63, 3.8) is 0 Å². The van der Waals surface area contributed by atoms with E-state index in [1.54, 1.807) is 48.8 Å². The van der Waals surface area contributed by atoms with Gasteiger partial charge in [0.25, 0.3) is 0 Å². The Kier molecular flexibility index (Phi) is 4.91. The quantitative estimate of drug-likeness (QED) is 0.452. The van der Waals surface area contributed by atoms with Gasteiger partial charge in [-0.05, 0) is 49.0 Å². The second-order valence-electron chi connectivity index (χ2n) is 6.36. The molecule has 0 bridgehead atoms. The lowest BCUT2D eigenvalue weighted by Crippen LogP contribution is -2.18. The van der Waals surface area contributed by atoms with Crippen LogP contribution in [0.25, 0.3) is 16.9 Å². The van der Waals surface area contributed by atoms with E-state index in [-0.39, 0.29) is 10.6 Å². The maximum Gasteiger partial charge on any atom is 0.240 e. The lowest BCUT2D eigenvalue weighted by Gasteiger charge is -2.09. The molecule has 0 aliphatic carbocycles. The number of phenolic OH excluding ortho intramolecular Hbond substituents is 1. The Hall–Kier alpha value is -3.43. The summed E-state index contributed by atoms with van der Waals surface area (Å²) in [6, 6.07) is 13.6. The fraction of sp³-hybridized carbons (Fsp3) is 0.100. The molecule has 0 fully saturated rings. The van der Waals surface area contributed by atoms with Crippen molar-refractivity contribution in [3.8, 4) is 17.0 Å². The van der Waals surface area contributed by atoms with Gasteiger partial charge < -0.3 is 10.4 Å². The number of rotatable bonds is 6. The minimum absolute atomic E-state index is 0.208. The van der Waals surface area contributed by atoms with Gasteiger partial charge in [0, 0.05) is 24.5 Å². The number of hydrogen-bond donors (Lipinski definition) is 3. The van der Waals surface area contributed by atoms with Crippen molar-refractivity contribution < 1.29 is 13.5 Å². The summed E-state index contributed by atoms with van der Waals surface area (Å²) in [5, 5.41) is 12.7. The molecule has 2 aromatic carbocycles. The van der Waals surface area contributed by atoms with Gasteiger partial charge in [0.2, 0.25) is 10.0 Å². The van der Waals surface area contributed by atoms with Gasteiger partial charge in [-0.3, -0.25) is 4.40 Å². The summed E-state index contributed by atoms with van der Waals surface area (Å²) in [5.74, 6) is 0.824. The number of benzene rings is 2. The molecule has 0 aliphatic heterocycles. The van der Waals surface area contributed by atoms with Crippen molar-refractivity contribution in [2.75, 3.05) is 12.4 Å². The monoisotopic (exact) mass is 409 g/mol. The Morgan fingerprint density at radius 3 is 2.45 bits per heavy atom. The van der Waals surface area contributed by atoms with Crippen LogP contribution in [0.2, 0.25) is 0 Å². The van der Waals surface area contributed by atoms with Crippen molar-refractivity contribution in [2.45, 2.75) is 11.4 Å². The zero-order chi connectivity index (χ0) is 20.4. The molecule has 0 saturated carbocycles. The minimum Gasteiger partial charge on any atom is -0.508 e. The molecule has 3 N–H and O–H groups in total. The zero-order valence-corrected chi connectivity index (χ0v) is 16.4. The highest BCUT2D eigenvalue weighted by molar-refractivity contribution is 7.89. The highest BCUT2D eigenvalue weighted by Crippen LogP contribution is 2.25. The SMILES string of the molecule is CNS(=O)(=O)c1ccc(CNc2nccn3c(-c4ccc(O)cc4)cnc23)cc1. The Bertz CT molecular complexity index is 1250. The topological polar surface area (TPSA) is 109 Å². The van der Waals surface area contributed by atoms with Gasteiger partial charge in [-0.15, -0.1) is 0 Å². The summed E-state index contributed by atoms with van der Waals surface area (Å²) in [7, 11) is -2.07. The van der Waals surface area contributed by atoms with E-state index in [1.807, 2.05) is 22.7 Å². The van der Waals surface area contributed by atoms with Crippen LogP contribution in [-0.4, -0.2) is 34.9 Å². The smallest absolute Gasteiger partial charge is 0.240 e. The summed E-state index contributed by atoms with van der Waals surface area (Å²) < 4.78 is 27.8. The van der Waals surface area contributed by atoms with Gasteiger partial charge >= 0.3 is 0 Å². The van der Waals surface area contributed by atoms with Crippen molar-refractivity contribution >= 4 is 21.5 Å². The third-order valence-corrected chi connectivity index (χ3v) is 5.98. The maximum absolute atomic E-state index is 11.8. The lowest BCUT2D eigenvalue weighted by molar-refractivity contribution is 0.475. The van der Waals surface area contributed by atoms with E-state index in [4.69, 9.17) is 0 Å². The average Bonchev–Trinajstić information content (AvgIpc) is 3.18. The van der Waals surface area contributed by atoms with E-state index < -0.39 is 10.0 Å². The van der Waals surface area contributed by atoms with Crippen LogP contribution in [0.3, 0.4) is 0 Å². The van der Waals surface area contributed by atoms with Crippen LogP contribution in [0.5, 0.6) is 5.75 Å². The molecule has 29 heavy (non-hydrogen) atoms. The second kappa shape index (κ2) is 7.53. The Balaban J connectivity index is 1.57. The molecular weight excluding hydrogens is 390 g/mol. The predicted octanol–water partition coefficient (Wildman–Crippen LogP) is 2.62. The minimum atomic E-state index is -3.45. The van der Waals surface area contributed by atoms with Crippen LogP contribution in [0.4, 0.5) is 5.82 Å². The molecule has 8 nitrogen and oxygen atoms in total. The molecule has 0 atom stereocenters. The summed E-state index contributed by atoms with van der Waals surface area (Å²) >= 11 is 0. The van der Waals surface area contributed by atoms with Crippen molar-refractivity contribution in [1.82, 2.24) is 19.1 Å². The molecule has 4 aromatic rings. The molecule has 4 rings (SSSR count). The fourth-order valence-electron chi connectivity index (χ4n) is 2.98. The molecule has 0 aliphatic rings. The van der Waals surface area contributed by atoms with Gasteiger partial charge in [0.05, 0.1) is 16.8 Å². The first kappa shape index (κ1) is 18.9. The number of fused-ring (bicyclic) bond motifs is 1. The summed E-state index contributed by atoms with van der Waals surface area (Å²) in [4.78, 5) is 9.07. The molecule has 2 aromatic heterocycles. The third-order valence-electron chi connectivity index (χ3n) is 4.55. The predicted molar refractivity (Wildman–Crippen MR) is 110 cm³/mol. The van der Waals surface area contributed by atoms with E-state index in [2.05, 4.69) is 20.0 Å². The summed E-state index contributed by atoms with van der Waals surface area (Å²) in [5.41, 5.74) is 3.39. The van der Waals surface area contributed by atoms with Crippen molar-refractivity contribution in [3.05, 3.63) is 72.7 Å². The van der Waals surface area contributed by atoms with Crippen LogP contribution in [0.1, 0.15) is 5.56 Å². The lowest BCUT2D eigenvalue weighted by atomic mass is 10.1. The Morgan fingerprint density at radius 1 is 1.03 bits per heavy atom. The standard InChI is InChI=1S/C20H19N5O3S/c1-21-29(27,28)17-8-2-14(3-9-17)12-23-19-20-24-13-18(25(20)11-10-22-19)15-4-6-16(26)7-5-15/h2-11,13,21,26H,12H2,1H3,(H,22,23). The Morgan fingerprint density at radius 2 is 1.76 bits per heavy atom. The van der Waals surface area contributed by atoms with Crippen LogP contribution >= 0.6 is 0 Å². The molecular formula is C20H19N5O3S. The molecule has 148 valence electrons. The fourth-order valence-corrected chi connectivity index (χ4v) is 3.71. The van der Waals surface area contributed by atoms with Crippen molar-refractivity contribution in [2.24, 2.45) is 0 Å². The van der Waals surface area contributed by atoms with Crippen molar-refractivity contribution in [1.29, 1.82) is 0 Å². The second-order valence-corrected chi connectivity index (χ2v) is 8.25. The van der Waals surface area contributed by atoms with Gasteiger partial charge in [0.15, 0.2) is 11.5 Å². The normalized spacial score (nSPS) is 11.6. The molecule has 0 saturated heterocycles. The number of aromatic hydroxyl groups is 1. The number of anilines is 1. The number of nitrogens with one attached hydrogen (secondary N) is 2. The van der Waals surface area contributed by atoms with Gasteiger partial charge in [-0.2, -0.15) is 0 Å². The molecule has 9 heteroatoms. The van der Waals surface area contributed by atoms with Gasteiger partial charge in [0.1, 0.15) is 5.75 Å². The molecule has 0 amide bonds. The summed E-state index contributed by atoms with van der Waals surface area (Å²) in [6.45, 7) is 0.466. The third kappa shape index (κ3) is 3.78. The number of phenols is 1. The zero-order valence-electron chi connectivity index (χ0n) is 15.6. The number of imidazole rings is 1. The first-order valence-electron chi connectivity index (χ1n) is 8.86. The number of nitrogens with zero attached hydrogens (tertiary/aromatic N) is 3. The first-order chi connectivity index (χ1) is 14.0. The summed E-state index contributed by atoms with van der Waals surface area (Å²) in [6.07, 6.45) is 5.27. The first-order valence-corrected chi connectivity index (χ1v) is 10.3.